The van der Waals surface area contributed by atoms with Crippen LogP contribution in [-0.4, -0.2) is 36.2 Å². The van der Waals surface area contributed by atoms with Gasteiger partial charge in [-0.2, -0.15) is 5.10 Å². The van der Waals surface area contributed by atoms with E-state index in [1.54, 1.807) is 13.8 Å². The van der Waals surface area contributed by atoms with Gasteiger partial charge in [0, 0.05) is 13.0 Å². The molecule has 0 saturated carbocycles. The first-order valence-corrected chi connectivity index (χ1v) is 6.34. The minimum Gasteiger partial charge on any atom is -0.409 e. The molecule has 0 radical (unpaired) electrons. The molecule has 0 spiro atoms. The molecular formula is C8H15N5O3S. The van der Waals surface area contributed by atoms with Gasteiger partial charge < -0.3 is 10.9 Å². The molecule has 0 amide bonds. The second kappa shape index (κ2) is 5.15. The fourth-order valence-electron chi connectivity index (χ4n) is 1.37. The highest BCUT2D eigenvalue weighted by atomic mass is 32.2. The molecule has 0 unspecified atom stereocenters. The lowest BCUT2D eigenvalue weighted by molar-refractivity contribution is 0.317. The summed E-state index contributed by atoms with van der Waals surface area (Å²) in [6.45, 7) is 3.28. The topological polar surface area (TPSA) is 133 Å². The Morgan fingerprint density at radius 2 is 2.24 bits per heavy atom. The standard InChI is InChI=1S/C8H15N5O3S/c1-5-8(6(2)12-11-5)17(15,16)10-4-3-7(9)13-14/h10,14H,3-4H2,1-2H3,(H2,9,13)(H,11,12). The van der Waals surface area contributed by atoms with E-state index in [2.05, 4.69) is 20.1 Å². The molecule has 1 heterocycles. The summed E-state index contributed by atoms with van der Waals surface area (Å²) < 4.78 is 26.1. The molecule has 0 aliphatic rings. The maximum Gasteiger partial charge on any atom is 0.244 e. The van der Waals surface area contributed by atoms with Crippen LogP contribution in [-0.2, 0) is 10.0 Å². The number of aromatic amines is 1. The minimum absolute atomic E-state index is 0.0339. The molecular weight excluding hydrogens is 246 g/mol. The molecule has 1 rings (SSSR count). The number of rotatable bonds is 5. The van der Waals surface area contributed by atoms with Gasteiger partial charge in [0.25, 0.3) is 0 Å². The second-order valence-corrected chi connectivity index (χ2v) is 5.21. The molecule has 8 nitrogen and oxygen atoms in total. The van der Waals surface area contributed by atoms with E-state index in [1.165, 1.54) is 0 Å². The number of aromatic nitrogens is 2. The fraction of sp³-hybridized carbons (Fsp3) is 0.500. The monoisotopic (exact) mass is 261 g/mol. The van der Waals surface area contributed by atoms with Crippen LogP contribution in [0.3, 0.4) is 0 Å². The number of nitrogens with one attached hydrogen (secondary N) is 2. The lowest BCUT2D eigenvalue weighted by Crippen LogP contribution is -2.28. The van der Waals surface area contributed by atoms with Gasteiger partial charge in [0.05, 0.1) is 11.4 Å². The maximum absolute atomic E-state index is 11.9. The van der Waals surface area contributed by atoms with E-state index in [9.17, 15) is 8.42 Å². The quantitative estimate of drug-likeness (QED) is 0.244. The molecule has 1 aromatic rings. The maximum atomic E-state index is 11.9. The van der Waals surface area contributed by atoms with Crippen molar-refractivity contribution in [3.05, 3.63) is 11.4 Å². The van der Waals surface area contributed by atoms with Crippen molar-refractivity contribution in [1.29, 1.82) is 0 Å². The SMILES string of the molecule is Cc1n[nH]c(C)c1S(=O)(=O)NCCC(N)=NO. The lowest BCUT2D eigenvalue weighted by atomic mass is 10.4. The number of aryl methyl sites for hydroxylation is 2. The third kappa shape index (κ3) is 3.17. The van der Waals surface area contributed by atoms with Gasteiger partial charge in [0.15, 0.2) is 0 Å². The third-order valence-electron chi connectivity index (χ3n) is 2.13. The molecule has 17 heavy (non-hydrogen) atoms. The van der Waals surface area contributed by atoms with Gasteiger partial charge in [0.1, 0.15) is 10.7 Å². The summed E-state index contributed by atoms with van der Waals surface area (Å²) in [5.41, 5.74) is 6.10. The van der Waals surface area contributed by atoms with Gasteiger partial charge >= 0.3 is 0 Å². The summed E-state index contributed by atoms with van der Waals surface area (Å²) in [5, 5.41) is 17.5. The predicted molar refractivity (Wildman–Crippen MR) is 61.3 cm³/mol. The molecule has 0 saturated heterocycles. The molecule has 0 atom stereocenters. The second-order valence-electron chi connectivity index (χ2n) is 3.50. The molecule has 0 aromatic carbocycles. The summed E-state index contributed by atoms with van der Waals surface area (Å²) in [7, 11) is -3.62. The molecule has 0 aliphatic carbocycles. The van der Waals surface area contributed by atoms with Crippen LogP contribution in [0.4, 0.5) is 0 Å². The lowest BCUT2D eigenvalue weighted by Gasteiger charge is -2.05. The van der Waals surface area contributed by atoms with Crippen LogP contribution in [0.2, 0.25) is 0 Å². The van der Waals surface area contributed by atoms with Crippen LogP contribution in [0, 0.1) is 13.8 Å². The number of nitrogens with two attached hydrogens (primary N) is 1. The first-order chi connectivity index (χ1) is 7.88. The van der Waals surface area contributed by atoms with Crippen LogP contribution in [0.15, 0.2) is 10.1 Å². The van der Waals surface area contributed by atoms with Crippen molar-refractivity contribution < 1.29 is 13.6 Å². The third-order valence-corrected chi connectivity index (χ3v) is 3.85. The van der Waals surface area contributed by atoms with E-state index in [0.29, 0.717) is 11.4 Å². The average Bonchev–Trinajstić information content (AvgIpc) is 2.58. The van der Waals surface area contributed by atoms with Crippen molar-refractivity contribution in [2.45, 2.75) is 25.2 Å². The Labute approximate surface area is 98.9 Å². The zero-order chi connectivity index (χ0) is 13.1. The van der Waals surface area contributed by atoms with E-state index in [-0.39, 0.29) is 23.7 Å². The summed E-state index contributed by atoms with van der Waals surface area (Å²) in [5.74, 6) is -0.0339. The Bertz CT molecular complexity index is 500. The van der Waals surface area contributed by atoms with Crippen molar-refractivity contribution in [1.82, 2.24) is 14.9 Å². The van der Waals surface area contributed by atoms with Crippen molar-refractivity contribution in [2.24, 2.45) is 10.9 Å². The molecule has 0 bridgehead atoms. The number of hydrogen-bond acceptors (Lipinski definition) is 5. The number of amidine groups is 1. The molecule has 5 N–H and O–H groups in total. The summed E-state index contributed by atoms with van der Waals surface area (Å²) >= 11 is 0. The highest BCUT2D eigenvalue weighted by Gasteiger charge is 2.21. The first-order valence-electron chi connectivity index (χ1n) is 4.86. The van der Waals surface area contributed by atoms with Crippen molar-refractivity contribution in [3.63, 3.8) is 0 Å². The average molecular weight is 261 g/mol. The first kappa shape index (κ1) is 13.5. The molecule has 1 aromatic heterocycles. The smallest absolute Gasteiger partial charge is 0.244 e. The Morgan fingerprint density at radius 3 is 2.71 bits per heavy atom. The number of sulfonamides is 1. The highest BCUT2D eigenvalue weighted by molar-refractivity contribution is 7.89. The number of oxime groups is 1. The van der Waals surface area contributed by atoms with Gasteiger partial charge in [-0.3, -0.25) is 5.10 Å². The summed E-state index contributed by atoms with van der Waals surface area (Å²) in [6.07, 6.45) is 0.131. The van der Waals surface area contributed by atoms with Crippen LogP contribution < -0.4 is 10.5 Å². The normalized spacial score (nSPS) is 12.9. The number of hydrogen-bond donors (Lipinski definition) is 4. The molecule has 0 aliphatic heterocycles. The predicted octanol–water partition coefficient (Wildman–Crippen LogP) is -0.559. The van der Waals surface area contributed by atoms with Gasteiger partial charge in [0.2, 0.25) is 10.0 Å². The molecule has 9 heteroatoms. The Morgan fingerprint density at radius 1 is 1.59 bits per heavy atom. The van der Waals surface area contributed by atoms with E-state index in [0.717, 1.165) is 0 Å². The molecule has 0 fully saturated rings. The van der Waals surface area contributed by atoms with Gasteiger partial charge in [-0.05, 0) is 13.8 Å². The van der Waals surface area contributed by atoms with E-state index in [1.807, 2.05) is 0 Å². The summed E-state index contributed by atoms with van der Waals surface area (Å²) in [6, 6.07) is 0. The Hall–Kier alpha value is -1.61. The van der Waals surface area contributed by atoms with Gasteiger partial charge in [-0.25, -0.2) is 13.1 Å². The van der Waals surface area contributed by atoms with Crippen molar-refractivity contribution in [3.8, 4) is 0 Å². The van der Waals surface area contributed by atoms with E-state index >= 15 is 0 Å². The minimum atomic E-state index is -3.62. The molecule has 96 valence electrons. The highest BCUT2D eigenvalue weighted by Crippen LogP contribution is 2.15. The van der Waals surface area contributed by atoms with Gasteiger partial charge in [-0.15, -0.1) is 0 Å². The van der Waals surface area contributed by atoms with Crippen LogP contribution in [0.1, 0.15) is 17.8 Å². The van der Waals surface area contributed by atoms with Gasteiger partial charge in [-0.1, -0.05) is 5.16 Å². The van der Waals surface area contributed by atoms with E-state index < -0.39 is 10.0 Å². The summed E-state index contributed by atoms with van der Waals surface area (Å²) in [4.78, 5) is 0.136. The fourth-order valence-corrected chi connectivity index (χ4v) is 2.77. The number of nitrogens with zero attached hydrogens (tertiary/aromatic N) is 2. The van der Waals surface area contributed by atoms with Crippen molar-refractivity contribution >= 4 is 15.9 Å². The van der Waals surface area contributed by atoms with Crippen LogP contribution >= 0.6 is 0 Å². The van der Waals surface area contributed by atoms with Crippen LogP contribution in [0.25, 0.3) is 0 Å². The zero-order valence-corrected chi connectivity index (χ0v) is 10.4. The van der Waals surface area contributed by atoms with Crippen molar-refractivity contribution in [2.75, 3.05) is 6.54 Å². The number of H-pyrrole nitrogens is 1. The van der Waals surface area contributed by atoms with E-state index in [4.69, 9.17) is 10.9 Å². The zero-order valence-electron chi connectivity index (χ0n) is 9.56. The Kier molecular flexibility index (Phi) is 4.07. The largest absolute Gasteiger partial charge is 0.409 e. The Balaban J connectivity index is 2.77. The van der Waals surface area contributed by atoms with Crippen LogP contribution in [0.5, 0.6) is 0 Å².